The molecular formula is C16H21N5OS. The normalized spacial score (nSPS) is 27.4. The molecule has 2 aliphatic rings. The van der Waals surface area contributed by atoms with Crippen LogP contribution in [0, 0.1) is 6.92 Å². The summed E-state index contributed by atoms with van der Waals surface area (Å²) in [6.45, 7) is 2.88. The number of hydrogen-bond acceptors (Lipinski definition) is 6. The van der Waals surface area contributed by atoms with Crippen LogP contribution in [0.3, 0.4) is 0 Å². The smallest absolute Gasteiger partial charge is 0.247 e. The predicted octanol–water partition coefficient (Wildman–Crippen LogP) is 2.44. The van der Waals surface area contributed by atoms with Crippen molar-refractivity contribution in [3.05, 3.63) is 29.8 Å². The van der Waals surface area contributed by atoms with Gasteiger partial charge in [0.05, 0.1) is 11.3 Å². The molecule has 4 rings (SSSR count). The molecule has 7 heteroatoms. The summed E-state index contributed by atoms with van der Waals surface area (Å²) in [5, 5.41) is 15.7. The Balaban J connectivity index is 1.51. The largest absolute Gasteiger partial charge is 0.374 e. The van der Waals surface area contributed by atoms with E-state index in [1.807, 2.05) is 23.9 Å². The van der Waals surface area contributed by atoms with Crippen molar-refractivity contribution in [1.82, 2.24) is 20.2 Å². The first kappa shape index (κ1) is 15.0. The molecule has 23 heavy (non-hydrogen) atoms. The van der Waals surface area contributed by atoms with Crippen molar-refractivity contribution in [1.29, 1.82) is 0 Å². The van der Waals surface area contributed by atoms with Crippen molar-refractivity contribution in [3.8, 4) is 5.69 Å². The number of tetrazole rings is 1. The monoisotopic (exact) mass is 331 g/mol. The van der Waals surface area contributed by atoms with Crippen LogP contribution in [-0.2, 0) is 4.74 Å². The molecule has 1 aromatic carbocycles. The lowest BCUT2D eigenvalue weighted by atomic mass is 9.90. The maximum absolute atomic E-state index is 6.08. The second kappa shape index (κ2) is 6.13. The minimum Gasteiger partial charge on any atom is -0.374 e. The van der Waals surface area contributed by atoms with Crippen molar-refractivity contribution in [2.75, 3.05) is 23.4 Å². The third-order valence-corrected chi connectivity index (χ3v) is 5.86. The first-order chi connectivity index (χ1) is 11.2. The third-order valence-electron chi connectivity index (χ3n) is 4.64. The molecule has 2 aromatic rings. The standard InChI is InChI=1S/C16H21N5OS/c1-12-2-4-14(5-3-12)21-15(18-19-20-21)17-13-6-8-22-16(10-13)7-9-23-11-16/h2-5,13H,6-11H2,1H3,(H,17,18,20). The van der Waals surface area contributed by atoms with E-state index in [0.717, 1.165) is 37.3 Å². The Morgan fingerprint density at radius 1 is 1.35 bits per heavy atom. The maximum atomic E-state index is 6.08. The van der Waals surface area contributed by atoms with E-state index in [-0.39, 0.29) is 5.60 Å². The predicted molar refractivity (Wildman–Crippen MR) is 91.2 cm³/mol. The molecule has 2 unspecified atom stereocenters. The average Bonchev–Trinajstić information content (AvgIpc) is 3.18. The van der Waals surface area contributed by atoms with Crippen LogP contribution >= 0.6 is 11.8 Å². The Morgan fingerprint density at radius 3 is 3.00 bits per heavy atom. The quantitative estimate of drug-likeness (QED) is 0.932. The van der Waals surface area contributed by atoms with Crippen LogP contribution in [0.15, 0.2) is 24.3 Å². The summed E-state index contributed by atoms with van der Waals surface area (Å²) < 4.78 is 7.85. The van der Waals surface area contributed by atoms with E-state index in [9.17, 15) is 0 Å². The van der Waals surface area contributed by atoms with E-state index in [1.165, 1.54) is 11.3 Å². The van der Waals surface area contributed by atoms with Crippen LogP contribution in [0.1, 0.15) is 24.8 Å². The van der Waals surface area contributed by atoms with E-state index in [2.05, 4.69) is 39.9 Å². The summed E-state index contributed by atoms with van der Waals surface area (Å²) in [7, 11) is 0. The SMILES string of the molecule is Cc1ccc(-n2nnnc2NC2CCOC3(CCSC3)C2)cc1. The first-order valence-corrected chi connectivity index (χ1v) is 9.23. The Morgan fingerprint density at radius 2 is 2.22 bits per heavy atom. The van der Waals surface area contributed by atoms with Crippen LogP contribution in [0.4, 0.5) is 5.95 Å². The molecule has 0 bridgehead atoms. The van der Waals surface area contributed by atoms with Gasteiger partial charge < -0.3 is 10.1 Å². The summed E-state index contributed by atoms with van der Waals surface area (Å²) in [5.74, 6) is 3.02. The minimum absolute atomic E-state index is 0.0583. The zero-order valence-corrected chi connectivity index (χ0v) is 14.1. The number of aromatic nitrogens is 4. The fourth-order valence-corrected chi connectivity index (χ4v) is 4.71. The number of thioether (sulfide) groups is 1. The highest BCUT2D eigenvalue weighted by Crippen LogP contribution is 2.38. The fraction of sp³-hybridized carbons (Fsp3) is 0.562. The molecule has 0 amide bonds. The van der Waals surface area contributed by atoms with Crippen LogP contribution < -0.4 is 5.32 Å². The third kappa shape index (κ3) is 3.07. The van der Waals surface area contributed by atoms with Crippen molar-refractivity contribution in [2.24, 2.45) is 0 Å². The minimum atomic E-state index is 0.0583. The molecule has 1 spiro atoms. The van der Waals surface area contributed by atoms with Crippen LogP contribution in [-0.4, -0.2) is 50.0 Å². The fourth-order valence-electron chi connectivity index (χ4n) is 3.33. The van der Waals surface area contributed by atoms with Gasteiger partial charge in [0.2, 0.25) is 5.95 Å². The molecule has 122 valence electrons. The molecule has 2 fully saturated rings. The molecule has 1 aromatic heterocycles. The Hall–Kier alpha value is -1.60. The van der Waals surface area contributed by atoms with Crippen molar-refractivity contribution in [3.63, 3.8) is 0 Å². The lowest BCUT2D eigenvalue weighted by Crippen LogP contribution is -2.44. The first-order valence-electron chi connectivity index (χ1n) is 8.08. The Kier molecular flexibility index (Phi) is 3.98. The van der Waals surface area contributed by atoms with Gasteiger partial charge in [0.1, 0.15) is 0 Å². The highest BCUT2D eigenvalue weighted by atomic mass is 32.2. The van der Waals surface area contributed by atoms with Gasteiger partial charge in [-0.25, -0.2) is 0 Å². The van der Waals surface area contributed by atoms with Crippen molar-refractivity contribution >= 4 is 17.7 Å². The molecular weight excluding hydrogens is 310 g/mol. The van der Waals surface area contributed by atoms with Crippen LogP contribution in [0.5, 0.6) is 0 Å². The average molecular weight is 331 g/mol. The molecule has 2 aliphatic heterocycles. The van der Waals surface area contributed by atoms with E-state index in [4.69, 9.17) is 4.74 Å². The van der Waals surface area contributed by atoms with Crippen molar-refractivity contribution < 1.29 is 4.74 Å². The number of ether oxygens (including phenoxy) is 1. The topological polar surface area (TPSA) is 64.9 Å². The number of aryl methyl sites for hydroxylation is 1. The van der Waals surface area contributed by atoms with Gasteiger partial charge in [-0.1, -0.05) is 22.8 Å². The number of hydrogen-bond donors (Lipinski definition) is 1. The van der Waals surface area contributed by atoms with Crippen molar-refractivity contribution in [2.45, 2.75) is 37.8 Å². The molecule has 3 heterocycles. The van der Waals surface area contributed by atoms with Gasteiger partial charge in [-0.05, 0) is 54.5 Å². The molecule has 2 saturated heterocycles. The number of benzene rings is 1. The van der Waals surface area contributed by atoms with Gasteiger partial charge in [-0.2, -0.15) is 16.4 Å². The highest BCUT2D eigenvalue weighted by molar-refractivity contribution is 7.99. The van der Waals surface area contributed by atoms with Gasteiger partial charge in [0, 0.05) is 18.4 Å². The summed E-state index contributed by atoms with van der Waals surface area (Å²) in [5.41, 5.74) is 2.26. The van der Waals surface area contributed by atoms with Gasteiger partial charge in [0.25, 0.3) is 0 Å². The summed E-state index contributed by atoms with van der Waals surface area (Å²) in [6.07, 6.45) is 3.17. The summed E-state index contributed by atoms with van der Waals surface area (Å²) in [6, 6.07) is 8.57. The van der Waals surface area contributed by atoms with Gasteiger partial charge in [0.15, 0.2) is 0 Å². The lowest BCUT2D eigenvalue weighted by molar-refractivity contribution is -0.0629. The maximum Gasteiger partial charge on any atom is 0.247 e. The molecule has 1 N–H and O–H groups in total. The van der Waals surface area contributed by atoms with Gasteiger partial charge in [-0.15, -0.1) is 0 Å². The molecule has 6 nitrogen and oxygen atoms in total. The summed E-state index contributed by atoms with van der Waals surface area (Å²) >= 11 is 1.99. The number of anilines is 1. The van der Waals surface area contributed by atoms with Gasteiger partial charge >= 0.3 is 0 Å². The zero-order chi connectivity index (χ0) is 15.7. The second-order valence-electron chi connectivity index (χ2n) is 6.42. The molecule has 0 radical (unpaired) electrons. The Bertz CT molecular complexity index is 665. The second-order valence-corrected chi connectivity index (χ2v) is 7.52. The highest BCUT2D eigenvalue weighted by Gasteiger charge is 2.40. The molecule has 0 aliphatic carbocycles. The lowest BCUT2D eigenvalue weighted by Gasteiger charge is -2.38. The molecule has 0 saturated carbocycles. The van der Waals surface area contributed by atoms with E-state index in [1.54, 1.807) is 4.68 Å². The van der Waals surface area contributed by atoms with E-state index >= 15 is 0 Å². The van der Waals surface area contributed by atoms with E-state index in [0.29, 0.717) is 12.0 Å². The van der Waals surface area contributed by atoms with E-state index < -0.39 is 0 Å². The molecule has 2 atom stereocenters. The number of nitrogens with zero attached hydrogens (tertiary/aromatic N) is 4. The number of rotatable bonds is 3. The van der Waals surface area contributed by atoms with Crippen LogP contribution in [0.25, 0.3) is 5.69 Å². The summed E-state index contributed by atoms with van der Waals surface area (Å²) in [4.78, 5) is 0. The van der Waals surface area contributed by atoms with Gasteiger partial charge in [-0.3, -0.25) is 0 Å². The number of nitrogens with one attached hydrogen (secondary N) is 1. The zero-order valence-electron chi connectivity index (χ0n) is 13.2. The Labute approximate surface area is 140 Å². The van der Waals surface area contributed by atoms with Crippen LogP contribution in [0.2, 0.25) is 0 Å².